The van der Waals surface area contributed by atoms with E-state index in [-0.39, 0.29) is 0 Å². The van der Waals surface area contributed by atoms with Crippen molar-refractivity contribution in [2.45, 2.75) is 77.7 Å². The lowest BCUT2D eigenvalue weighted by molar-refractivity contribution is -0.00558. The van der Waals surface area contributed by atoms with E-state index in [1.807, 2.05) is 0 Å². The lowest BCUT2D eigenvalue weighted by Gasteiger charge is -2.34. The molecule has 0 unspecified atom stereocenters. The normalized spacial score (nSPS) is 22.4. The lowest BCUT2D eigenvalue weighted by Crippen LogP contribution is -2.26. The van der Waals surface area contributed by atoms with E-state index in [0.29, 0.717) is 11.5 Å². The number of benzene rings is 1. The number of hydrogen-bond donors (Lipinski definition) is 1. The van der Waals surface area contributed by atoms with Crippen molar-refractivity contribution >= 4 is 0 Å². The summed E-state index contributed by atoms with van der Waals surface area (Å²) in [5, 5.41) is 3.55. The highest BCUT2D eigenvalue weighted by Crippen LogP contribution is 2.36. The summed E-state index contributed by atoms with van der Waals surface area (Å²) in [6, 6.07) is 9.69. The van der Waals surface area contributed by atoms with Gasteiger partial charge in [0.05, 0.1) is 12.7 Å². The van der Waals surface area contributed by atoms with E-state index in [1.165, 1.54) is 49.7 Å². The zero-order chi connectivity index (χ0) is 14.7. The Kier molecular flexibility index (Phi) is 4.66. The molecule has 2 saturated carbocycles. The number of nitrogens with one attached hydrogen (secondary N) is 1. The second kappa shape index (κ2) is 6.50. The van der Waals surface area contributed by atoms with E-state index >= 15 is 0 Å². The molecule has 0 radical (unpaired) electrons. The Hall–Kier alpha value is -0.860. The van der Waals surface area contributed by atoms with E-state index in [2.05, 4.69) is 43.4 Å². The van der Waals surface area contributed by atoms with Gasteiger partial charge in [-0.1, -0.05) is 38.1 Å². The minimum absolute atomic E-state index is 0.467. The van der Waals surface area contributed by atoms with Crippen LogP contribution < -0.4 is 5.32 Å². The zero-order valence-corrected chi connectivity index (χ0v) is 13.5. The molecule has 0 bridgehead atoms. The summed E-state index contributed by atoms with van der Waals surface area (Å²) >= 11 is 0. The topological polar surface area (TPSA) is 21.3 Å². The van der Waals surface area contributed by atoms with Crippen LogP contribution in [0.4, 0.5) is 0 Å². The van der Waals surface area contributed by atoms with Gasteiger partial charge in [0.15, 0.2) is 0 Å². The molecule has 2 aliphatic rings. The first-order valence-electron chi connectivity index (χ1n) is 8.54. The summed E-state index contributed by atoms with van der Waals surface area (Å²) in [5.74, 6) is 0. The fraction of sp³-hybridized carbons (Fsp3) is 0.684. The molecular formula is C19H29NO. The van der Waals surface area contributed by atoms with Gasteiger partial charge in [-0.2, -0.15) is 0 Å². The van der Waals surface area contributed by atoms with Crippen LogP contribution in [-0.2, 0) is 17.9 Å². The molecule has 1 aromatic carbocycles. The van der Waals surface area contributed by atoms with Crippen LogP contribution in [0.25, 0.3) is 0 Å². The van der Waals surface area contributed by atoms with Crippen LogP contribution in [0, 0.1) is 5.41 Å². The molecule has 0 spiro atoms. The van der Waals surface area contributed by atoms with Crippen LogP contribution in [0.5, 0.6) is 0 Å². The molecule has 0 aromatic heterocycles. The molecule has 0 saturated heterocycles. The molecular weight excluding hydrogens is 258 g/mol. The summed E-state index contributed by atoms with van der Waals surface area (Å²) < 4.78 is 6.09. The van der Waals surface area contributed by atoms with Gasteiger partial charge in [-0.3, -0.25) is 0 Å². The van der Waals surface area contributed by atoms with Gasteiger partial charge >= 0.3 is 0 Å². The molecule has 2 heteroatoms. The standard InChI is InChI=1S/C19H29NO/c1-19(2)11-9-18(10-12-19)21-14-16-5-3-15(4-6-16)13-20-17-7-8-17/h3-6,17-18,20H,7-14H2,1-2H3. The first-order valence-corrected chi connectivity index (χ1v) is 8.54. The predicted octanol–water partition coefficient (Wildman–Crippen LogP) is 4.42. The van der Waals surface area contributed by atoms with E-state index < -0.39 is 0 Å². The van der Waals surface area contributed by atoms with Crippen molar-refractivity contribution in [3.8, 4) is 0 Å². The summed E-state index contributed by atoms with van der Waals surface area (Å²) in [4.78, 5) is 0. The van der Waals surface area contributed by atoms with Crippen molar-refractivity contribution in [2.75, 3.05) is 0 Å². The largest absolute Gasteiger partial charge is 0.374 e. The molecule has 2 fully saturated rings. The van der Waals surface area contributed by atoms with E-state index in [4.69, 9.17) is 4.74 Å². The lowest BCUT2D eigenvalue weighted by atomic mass is 9.76. The molecule has 3 rings (SSSR count). The maximum absolute atomic E-state index is 6.09. The predicted molar refractivity (Wildman–Crippen MR) is 87.1 cm³/mol. The van der Waals surface area contributed by atoms with Gasteiger partial charge < -0.3 is 10.1 Å². The Morgan fingerprint density at radius 3 is 2.24 bits per heavy atom. The number of hydrogen-bond acceptors (Lipinski definition) is 2. The van der Waals surface area contributed by atoms with Crippen molar-refractivity contribution in [3.63, 3.8) is 0 Å². The summed E-state index contributed by atoms with van der Waals surface area (Å²) in [5.41, 5.74) is 3.20. The molecule has 0 heterocycles. The van der Waals surface area contributed by atoms with Gasteiger partial charge in [0, 0.05) is 12.6 Å². The van der Waals surface area contributed by atoms with Gasteiger partial charge in [-0.15, -0.1) is 0 Å². The molecule has 21 heavy (non-hydrogen) atoms. The van der Waals surface area contributed by atoms with Gasteiger partial charge in [0.1, 0.15) is 0 Å². The number of rotatable bonds is 6. The smallest absolute Gasteiger partial charge is 0.0720 e. The highest BCUT2D eigenvalue weighted by Gasteiger charge is 2.27. The summed E-state index contributed by atoms with van der Waals surface area (Å²) in [6.07, 6.45) is 8.20. The summed E-state index contributed by atoms with van der Waals surface area (Å²) in [7, 11) is 0. The molecule has 0 atom stereocenters. The third kappa shape index (κ3) is 4.82. The average molecular weight is 287 g/mol. The highest BCUT2D eigenvalue weighted by molar-refractivity contribution is 5.22. The van der Waals surface area contributed by atoms with Crippen LogP contribution in [0.2, 0.25) is 0 Å². The van der Waals surface area contributed by atoms with Gasteiger partial charge in [-0.05, 0) is 55.1 Å². The Morgan fingerprint density at radius 1 is 1.00 bits per heavy atom. The van der Waals surface area contributed by atoms with Crippen LogP contribution in [-0.4, -0.2) is 12.1 Å². The minimum atomic E-state index is 0.467. The van der Waals surface area contributed by atoms with E-state index in [1.54, 1.807) is 0 Å². The number of ether oxygens (including phenoxy) is 1. The molecule has 0 amide bonds. The van der Waals surface area contributed by atoms with Gasteiger partial charge in [-0.25, -0.2) is 0 Å². The molecule has 116 valence electrons. The quantitative estimate of drug-likeness (QED) is 0.836. The van der Waals surface area contributed by atoms with E-state index in [9.17, 15) is 0 Å². The van der Waals surface area contributed by atoms with Crippen molar-refractivity contribution in [1.29, 1.82) is 0 Å². The fourth-order valence-electron chi connectivity index (χ4n) is 3.06. The molecule has 0 aliphatic heterocycles. The average Bonchev–Trinajstić information content (AvgIpc) is 3.29. The highest BCUT2D eigenvalue weighted by atomic mass is 16.5. The molecule has 2 nitrogen and oxygen atoms in total. The first kappa shape index (κ1) is 15.1. The Balaban J connectivity index is 1.40. The maximum Gasteiger partial charge on any atom is 0.0720 e. The van der Waals surface area contributed by atoms with Gasteiger partial charge in [0.25, 0.3) is 0 Å². The third-order valence-electron chi connectivity index (χ3n) is 4.97. The molecule has 1 aromatic rings. The maximum atomic E-state index is 6.09. The van der Waals surface area contributed by atoms with Crippen LogP contribution >= 0.6 is 0 Å². The van der Waals surface area contributed by atoms with Crippen LogP contribution in [0.15, 0.2) is 24.3 Å². The minimum Gasteiger partial charge on any atom is -0.374 e. The van der Waals surface area contributed by atoms with Crippen molar-refractivity contribution in [3.05, 3.63) is 35.4 Å². The first-order chi connectivity index (χ1) is 10.1. The second-order valence-electron chi connectivity index (χ2n) is 7.65. The van der Waals surface area contributed by atoms with Crippen LogP contribution in [0.3, 0.4) is 0 Å². The Bertz CT molecular complexity index is 437. The van der Waals surface area contributed by atoms with Gasteiger partial charge in [0.2, 0.25) is 0 Å². The molecule has 2 aliphatic carbocycles. The third-order valence-corrected chi connectivity index (χ3v) is 4.97. The van der Waals surface area contributed by atoms with Crippen molar-refractivity contribution in [2.24, 2.45) is 5.41 Å². The molecule has 1 N–H and O–H groups in total. The second-order valence-corrected chi connectivity index (χ2v) is 7.65. The Morgan fingerprint density at radius 2 is 1.62 bits per heavy atom. The van der Waals surface area contributed by atoms with Crippen molar-refractivity contribution < 1.29 is 4.74 Å². The SMILES string of the molecule is CC1(C)CCC(OCc2ccc(CNC3CC3)cc2)CC1. The Labute approximate surface area is 129 Å². The van der Waals surface area contributed by atoms with Crippen molar-refractivity contribution in [1.82, 2.24) is 5.32 Å². The van der Waals surface area contributed by atoms with E-state index in [0.717, 1.165) is 19.2 Å². The van der Waals surface area contributed by atoms with Crippen LogP contribution in [0.1, 0.15) is 63.5 Å². The summed E-state index contributed by atoms with van der Waals surface area (Å²) in [6.45, 7) is 6.51. The monoisotopic (exact) mass is 287 g/mol. The zero-order valence-electron chi connectivity index (χ0n) is 13.5. The fourth-order valence-corrected chi connectivity index (χ4v) is 3.06.